The van der Waals surface area contributed by atoms with Crippen molar-refractivity contribution in [3.63, 3.8) is 0 Å². The highest BCUT2D eigenvalue weighted by atomic mass is 16.6. The zero-order valence-corrected chi connectivity index (χ0v) is 16.5. The molecule has 0 spiro atoms. The average molecular weight is 375 g/mol. The summed E-state index contributed by atoms with van der Waals surface area (Å²) in [4.78, 5) is 40.5. The van der Waals surface area contributed by atoms with Gasteiger partial charge < -0.3 is 19.9 Å². The second kappa shape index (κ2) is 9.39. The van der Waals surface area contributed by atoms with Gasteiger partial charge in [-0.1, -0.05) is 31.5 Å². The molecule has 0 saturated carbocycles. The molecule has 0 bridgehead atoms. The molecule has 7 heteroatoms. The highest BCUT2D eigenvalue weighted by Crippen LogP contribution is 2.12. The number of rotatable bonds is 5. The van der Waals surface area contributed by atoms with Gasteiger partial charge in [-0.2, -0.15) is 0 Å². The van der Waals surface area contributed by atoms with Crippen LogP contribution < -0.4 is 5.32 Å². The lowest BCUT2D eigenvalue weighted by Crippen LogP contribution is -2.57. The second-order valence-electron chi connectivity index (χ2n) is 7.07. The maximum absolute atomic E-state index is 12.9. The maximum atomic E-state index is 12.9. The van der Waals surface area contributed by atoms with Crippen LogP contribution in [0, 0.1) is 12.8 Å². The van der Waals surface area contributed by atoms with E-state index in [1.54, 1.807) is 28.9 Å². The lowest BCUT2D eigenvalue weighted by Gasteiger charge is -2.36. The Morgan fingerprint density at radius 2 is 1.59 bits per heavy atom. The molecule has 2 rings (SSSR count). The largest absolute Gasteiger partial charge is 0.450 e. The summed E-state index contributed by atoms with van der Waals surface area (Å²) in [7, 11) is 0. The van der Waals surface area contributed by atoms with Crippen LogP contribution in [0.15, 0.2) is 24.3 Å². The SMILES string of the molecule is CCOC(=O)N1CCN(C(=O)C(NC(=O)c2ccc(C)cc2)C(C)C)CC1. The summed E-state index contributed by atoms with van der Waals surface area (Å²) < 4.78 is 5.00. The summed E-state index contributed by atoms with van der Waals surface area (Å²) in [5.41, 5.74) is 1.61. The summed E-state index contributed by atoms with van der Waals surface area (Å²) in [5, 5.41) is 2.87. The number of piperazine rings is 1. The Kier molecular flexibility index (Phi) is 7.21. The van der Waals surface area contributed by atoms with E-state index in [1.165, 1.54) is 0 Å². The Hall–Kier alpha value is -2.57. The molecule has 7 nitrogen and oxygen atoms in total. The summed E-state index contributed by atoms with van der Waals surface area (Å²) >= 11 is 0. The van der Waals surface area contributed by atoms with E-state index >= 15 is 0 Å². The molecule has 27 heavy (non-hydrogen) atoms. The van der Waals surface area contributed by atoms with Crippen molar-refractivity contribution >= 4 is 17.9 Å². The molecule has 3 amide bonds. The first-order valence-corrected chi connectivity index (χ1v) is 9.41. The van der Waals surface area contributed by atoms with Crippen LogP contribution in [0.1, 0.15) is 36.7 Å². The summed E-state index contributed by atoms with van der Waals surface area (Å²) in [6.07, 6.45) is -0.349. The molecule has 0 aliphatic carbocycles. The first-order valence-electron chi connectivity index (χ1n) is 9.41. The number of nitrogens with one attached hydrogen (secondary N) is 1. The van der Waals surface area contributed by atoms with Gasteiger partial charge in [0, 0.05) is 31.7 Å². The van der Waals surface area contributed by atoms with Crippen LogP contribution in [-0.4, -0.2) is 66.5 Å². The highest BCUT2D eigenvalue weighted by Gasteiger charge is 2.32. The number of carbonyl (C=O) groups is 3. The predicted molar refractivity (Wildman–Crippen MR) is 102 cm³/mol. The van der Waals surface area contributed by atoms with E-state index in [9.17, 15) is 14.4 Å². The molecule has 1 heterocycles. The standard InChI is InChI=1S/C20H29N3O4/c1-5-27-20(26)23-12-10-22(11-13-23)19(25)17(14(2)3)21-18(24)16-8-6-15(4)7-9-16/h6-9,14,17H,5,10-13H2,1-4H3,(H,21,24). The molecule has 1 aliphatic heterocycles. The second-order valence-corrected chi connectivity index (χ2v) is 7.07. The zero-order chi connectivity index (χ0) is 20.0. The number of hydrogen-bond acceptors (Lipinski definition) is 4. The van der Waals surface area contributed by atoms with E-state index in [0.29, 0.717) is 38.3 Å². The van der Waals surface area contributed by atoms with Gasteiger partial charge in [0.2, 0.25) is 5.91 Å². The van der Waals surface area contributed by atoms with E-state index in [2.05, 4.69) is 5.32 Å². The van der Waals surface area contributed by atoms with Gasteiger partial charge in [0.05, 0.1) is 6.61 Å². The van der Waals surface area contributed by atoms with Gasteiger partial charge in [-0.15, -0.1) is 0 Å². The van der Waals surface area contributed by atoms with Crippen molar-refractivity contribution in [2.75, 3.05) is 32.8 Å². The lowest BCUT2D eigenvalue weighted by atomic mass is 10.0. The minimum Gasteiger partial charge on any atom is -0.450 e. The molecular weight excluding hydrogens is 346 g/mol. The number of ether oxygens (including phenoxy) is 1. The third-order valence-corrected chi connectivity index (χ3v) is 4.65. The van der Waals surface area contributed by atoms with E-state index in [4.69, 9.17) is 4.74 Å². The smallest absolute Gasteiger partial charge is 0.409 e. The molecule has 0 aromatic heterocycles. The summed E-state index contributed by atoms with van der Waals surface area (Å²) in [5.74, 6) is -0.420. The van der Waals surface area contributed by atoms with Crippen molar-refractivity contribution < 1.29 is 19.1 Å². The average Bonchev–Trinajstić information content (AvgIpc) is 2.66. The van der Waals surface area contributed by atoms with E-state index in [-0.39, 0.29) is 23.8 Å². The van der Waals surface area contributed by atoms with Crippen LogP contribution in [0.25, 0.3) is 0 Å². The van der Waals surface area contributed by atoms with Gasteiger partial charge in [-0.25, -0.2) is 4.79 Å². The predicted octanol–water partition coefficient (Wildman–Crippen LogP) is 2.05. The number of hydrogen-bond donors (Lipinski definition) is 1. The van der Waals surface area contributed by atoms with Gasteiger partial charge in [-0.05, 0) is 31.9 Å². The van der Waals surface area contributed by atoms with Gasteiger partial charge in [0.1, 0.15) is 6.04 Å². The molecular formula is C20H29N3O4. The molecule has 1 fully saturated rings. The van der Waals surface area contributed by atoms with Gasteiger partial charge in [-0.3, -0.25) is 9.59 Å². The highest BCUT2D eigenvalue weighted by molar-refractivity contribution is 5.97. The first kappa shape index (κ1) is 20.7. The topological polar surface area (TPSA) is 79.0 Å². The van der Waals surface area contributed by atoms with Crippen molar-refractivity contribution in [3.05, 3.63) is 35.4 Å². The van der Waals surface area contributed by atoms with Gasteiger partial charge in [0.15, 0.2) is 0 Å². The molecule has 1 aromatic carbocycles. The molecule has 1 aliphatic rings. The van der Waals surface area contributed by atoms with Gasteiger partial charge >= 0.3 is 6.09 Å². The summed E-state index contributed by atoms with van der Waals surface area (Å²) in [6, 6.07) is 6.65. The fourth-order valence-electron chi connectivity index (χ4n) is 2.96. The minimum absolute atomic E-state index is 0.0463. The fraction of sp³-hybridized carbons (Fsp3) is 0.550. The van der Waals surface area contributed by atoms with Crippen LogP contribution in [0.4, 0.5) is 4.79 Å². The molecule has 1 saturated heterocycles. The molecule has 0 radical (unpaired) electrons. The van der Waals surface area contributed by atoms with Crippen LogP contribution in [-0.2, 0) is 9.53 Å². The van der Waals surface area contributed by atoms with Crippen LogP contribution in [0.3, 0.4) is 0 Å². The van der Waals surface area contributed by atoms with Crippen LogP contribution in [0.5, 0.6) is 0 Å². The summed E-state index contributed by atoms with van der Waals surface area (Å²) in [6.45, 7) is 9.60. The molecule has 1 unspecified atom stereocenters. The van der Waals surface area contributed by atoms with E-state index < -0.39 is 6.04 Å². The Bertz CT molecular complexity index is 664. The Morgan fingerprint density at radius 1 is 1.04 bits per heavy atom. The third-order valence-electron chi connectivity index (χ3n) is 4.65. The van der Waals surface area contributed by atoms with Gasteiger partial charge in [0.25, 0.3) is 5.91 Å². The Morgan fingerprint density at radius 3 is 2.11 bits per heavy atom. The number of carbonyl (C=O) groups excluding carboxylic acids is 3. The fourth-order valence-corrected chi connectivity index (χ4v) is 2.96. The number of nitrogens with zero attached hydrogens (tertiary/aromatic N) is 2. The molecule has 1 aromatic rings. The van der Waals surface area contributed by atoms with E-state index in [1.807, 2.05) is 32.9 Å². The van der Waals surface area contributed by atoms with Crippen molar-refractivity contribution in [1.29, 1.82) is 0 Å². The van der Waals surface area contributed by atoms with Crippen LogP contribution in [0.2, 0.25) is 0 Å². The van der Waals surface area contributed by atoms with Crippen LogP contribution >= 0.6 is 0 Å². The van der Waals surface area contributed by atoms with E-state index in [0.717, 1.165) is 5.56 Å². The van der Waals surface area contributed by atoms with Crippen molar-refractivity contribution in [3.8, 4) is 0 Å². The first-order chi connectivity index (χ1) is 12.8. The number of amides is 3. The molecule has 148 valence electrons. The Balaban J connectivity index is 1.98. The number of benzene rings is 1. The van der Waals surface area contributed by atoms with Crippen molar-refractivity contribution in [2.24, 2.45) is 5.92 Å². The number of aryl methyl sites for hydroxylation is 1. The van der Waals surface area contributed by atoms with Crippen molar-refractivity contribution in [2.45, 2.75) is 33.7 Å². The minimum atomic E-state index is -0.604. The maximum Gasteiger partial charge on any atom is 0.409 e. The lowest BCUT2D eigenvalue weighted by molar-refractivity contribution is -0.135. The monoisotopic (exact) mass is 375 g/mol. The molecule has 1 N–H and O–H groups in total. The van der Waals surface area contributed by atoms with Crippen molar-refractivity contribution in [1.82, 2.24) is 15.1 Å². The normalized spacial score (nSPS) is 15.4. The zero-order valence-electron chi connectivity index (χ0n) is 16.5. The quantitative estimate of drug-likeness (QED) is 0.854. The third kappa shape index (κ3) is 5.45. The molecule has 1 atom stereocenters. The Labute approximate surface area is 160 Å².